The molecule has 0 aliphatic heterocycles. The van der Waals surface area contributed by atoms with E-state index >= 15 is 0 Å². The molecule has 2 rings (SSSR count). The predicted octanol–water partition coefficient (Wildman–Crippen LogP) is 3.08. The zero-order valence-corrected chi connectivity index (χ0v) is 13.0. The number of aromatic nitrogens is 1. The van der Waals surface area contributed by atoms with Crippen molar-refractivity contribution >= 4 is 22.2 Å². The summed E-state index contributed by atoms with van der Waals surface area (Å²) < 4.78 is 5.17. The average Bonchev–Trinajstić information content (AvgIpc) is 2.90. The normalized spacial score (nSPS) is 10.8. The van der Waals surface area contributed by atoms with Crippen molar-refractivity contribution in [2.24, 2.45) is 5.73 Å². The van der Waals surface area contributed by atoms with Crippen molar-refractivity contribution < 1.29 is 4.74 Å². The van der Waals surface area contributed by atoms with Gasteiger partial charge >= 0.3 is 0 Å². The fourth-order valence-corrected chi connectivity index (χ4v) is 2.91. The third kappa shape index (κ3) is 3.17. The number of anilines is 2. The quantitative estimate of drug-likeness (QED) is 0.888. The Balaban J connectivity index is 2.25. The highest BCUT2D eigenvalue weighted by molar-refractivity contribution is 7.15. The Kier molecular flexibility index (Phi) is 5.11. The standard InChI is InChI=1S/C15H21N3OS/c1-4-11-5-7-12(8-6-11)18(2)15-17-13(10-19-3)14(9-16)20-15/h5-8H,4,9-10,16H2,1-3H3. The van der Waals surface area contributed by atoms with Gasteiger partial charge in [0.15, 0.2) is 5.13 Å². The van der Waals surface area contributed by atoms with Gasteiger partial charge in [-0.15, -0.1) is 0 Å². The molecule has 0 aliphatic rings. The highest BCUT2D eigenvalue weighted by Crippen LogP contribution is 2.30. The lowest BCUT2D eigenvalue weighted by Crippen LogP contribution is -2.09. The van der Waals surface area contributed by atoms with Gasteiger partial charge in [-0.05, 0) is 24.1 Å². The first-order chi connectivity index (χ1) is 9.69. The molecule has 2 aromatic rings. The minimum absolute atomic E-state index is 0.499. The van der Waals surface area contributed by atoms with Crippen LogP contribution in [0.4, 0.5) is 10.8 Å². The van der Waals surface area contributed by atoms with Gasteiger partial charge in [-0.3, -0.25) is 0 Å². The second kappa shape index (κ2) is 6.83. The Labute approximate surface area is 124 Å². The summed E-state index contributed by atoms with van der Waals surface area (Å²) in [7, 11) is 3.70. The van der Waals surface area contributed by atoms with E-state index in [2.05, 4.69) is 41.1 Å². The molecule has 0 unspecified atom stereocenters. The van der Waals surface area contributed by atoms with Gasteiger partial charge in [0, 0.05) is 31.3 Å². The summed E-state index contributed by atoms with van der Waals surface area (Å²) in [4.78, 5) is 7.80. The average molecular weight is 291 g/mol. The molecule has 0 bridgehead atoms. The lowest BCUT2D eigenvalue weighted by atomic mass is 10.1. The summed E-state index contributed by atoms with van der Waals surface area (Å²) in [5.41, 5.74) is 9.17. The Morgan fingerprint density at radius 2 is 2.00 bits per heavy atom. The second-order valence-corrected chi connectivity index (χ2v) is 5.64. The number of hydrogen-bond donors (Lipinski definition) is 1. The summed E-state index contributed by atoms with van der Waals surface area (Å²) >= 11 is 1.62. The molecule has 4 nitrogen and oxygen atoms in total. The first-order valence-electron chi connectivity index (χ1n) is 6.69. The number of methoxy groups -OCH3 is 1. The van der Waals surface area contributed by atoms with Crippen LogP contribution >= 0.6 is 11.3 Å². The van der Waals surface area contributed by atoms with Crippen LogP contribution in [-0.2, 0) is 24.3 Å². The maximum absolute atomic E-state index is 5.77. The Hall–Kier alpha value is -1.43. The molecule has 0 fully saturated rings. The first kappa shape index (κ1) is 15.0. The Morgan fingerprint density at radius 3 is 2.55 bits per heavy atom. The number of rotatable bonds is 6. The zero-order chi connectivity index (χ0) is 14.5. The number of nitrogens with zero attached hydrogens (tertiary/aromatic N) is 2. The van der Waals surface area contributed by atoms with E-state index in [0.29, 0.717) is 13.2 Å². The molecule has 0 aliphatic carbocycles. The zero-order valence-electron chi connectivity index (χ0n) is 12.2. The van der Waals surface area contributed by atoms with Crippen LogP contribution in [0, 0.1) is 0 Å². The maximum Gasteiger partial charge on any atom is 0.190 e. The van der Waals surface area contributed by atoms with Crippen molar-refractivity contribution in [3.05, 3.63) is 40.4 Å². The molecule has 1 aromatic heterocycles. The lowest BCUT2D eigenvalue weighted by Gasteiger charge is -2.16. The molecule has 20 heavy (non-hydrogen) atoms. The first-order valence-corrected chi connectivity index (χ1v) is 7.51. The molecule has 2 N–H and O–H groups in total. The van der Waals surface area contributed by atoms with Crippen LogP contribution in [0.1, 0.15) is 23.1 Å². The third-order valence-corrected chi connectivity index (χ3v) is 4.45. The van der Waals surface area contributed by atoms with E-state index in [1.165, 1.54) is 5.56 Å². The molecule has 1 heterocycles. The van der Waals surface area contributed by atoms with Crippen LogP contribution in [0.2, 0.25) is 0 Å². The largest absolute Gasteiger partial charge is 0.378 e. The second-order valence-electron chi connectivity index (χ2n) is 4.58. The summed E-state index contributed by atoms with van der Waals surface area (Å²) in [5.74, 6) is 0. The molecule has 0 saturated heterocycles. The van der Waals surface area contributed by atoms with Crippen molar-refractivity contribution in [3.8, 4) is 0 Å². The summed E-state index contributed by atoms with van der Waals surface area (Å²) in [5, 5.41) is 0.946. The van der Waals surface area contributed by atoms with Gasteiger partial charge in [0.25, 0.3) is 0 Å². The molecule has 108 valence electrons. The van der Waals surface area contributed by atoms with Gasteiger partial charge in [0.2, 0.25) is 0 Å². The van der Waals surface area contributed by atoms with Crippen LogP contribution < -0.4 is 10.6 Å². The summed E-state index contributed by atoms with van der Waals surface area (Å²) in [6.07, 6.45) is 1.05. The van der Waals surface area contributed by atoms with Gasteiger partial charge in [-0.2, -0.15) is 0 Å². The van der Waals surface area contributed by atoms with Crippen molar-refractivity contribution in [2.75, 3.05) is 19.1 Å². The van der Waals surface area contributed by atoms with E-state index in [1.54, 1.807) is 18.4 Å². The fourth-order valence-electron chi connectivity index (χ4n) is 1.99. The molecular formula is C15H21N3OS. The number of aryl methyl sites for hydroxylation is 1. The third-order valence-electron chi connectivity index (χ3n) is 3.25. The molecule has 0 atom stereocenters. The van der Waals surface area contributed by atoms with Gasteiger partial charge in [0.1, 0.15) is 0 Å². The number of nitrogens with two attached hydrogens (primary N) is 1. The molecule has 0 radical (unpaired) electrons. The molecule has 0 amide bonds. The number of hydrogen-bond acceptors (Lipinski definition) is 5. The maximum atomic E-state index is 5.77. The predicted molar refractivity (Wildman–Crippen MR) is 84.6 cm³/mol. The minimum atomic E-state index is 0.499. The highest BCUT2D eigenvalue weighted by atomic mass is 32.1. The van der Waals surface area contributed by atoms with E-state index in [-0.39, 0.29) is 0 Å². The van der Waals surface area contributed by atoms with Crippen molar-refractivity contribution in [3.63, 3.8) is 0 Å². The van der Waals surface area contributed by atoms with E-state index in [4.69, 9.17) is 10.5 Å². The van der Waals surface area contributed by atoms with Gasteiger partial charge in [-0.25, -0.2) is 4.98 Å². The van der Waals surface area contributed by atoms with E-state index in [1.807, 2.05) is 7.05 Å². The number of ether oxygens (including phenoxy) is 1. The lowest BCUT2D eigenvalue weighted by molar-refractivity contribution is 0.181. The number of benzene rings is 1. The SMILES string of the molecule is CCc1ccc(N(C)c2nc(COC)c(CN)s2)cc1. The molecule has 0 spiro atoms. The highest BCUT2D eigenvalue weighted by Gasteiger charge is 2.14. The van der Waals surface area contributed by atoms with Crippen LogP contribution in [0.25, 0.3) is 0 Å². The molecular weight excluding hydrogens is 270 g/mol. The molecule has 0 saturated carbocycles. The van der Waals surface area contributed by atoms with Gasteiger partial charge in [0.05, 0.1) is 12.3 Å². The van der Waals surface area contributed by atoms with Crippen LogP contribution in [0.15, 0.2) is 24.3 Å². The van der Waals surface area contributed by atoms with Gasteiger partial charge in [-0.1, -0.05) is 30.4 Å². The monoisotopic (exact) mass is 291 g/mol. The smallest absolute Gasteiger partial charge is 0.190 e. The number of thiazole rings is 1. The van der Waals surface area contributed by atoms with Crippen molar-refractivity contribution in [1.82, 2.24) is 4.98 Å². The molecule has 5 heteroatoms. The van der Waals surface area contributed by atoms with Gasteiger partial charge < -0.3 is 15.4 Å². The van der Waals surface area contributed by atoms with Crippen LogP contribution in [-0.4, -0.2) is 19.1 Å². The summed E-state index contributed by atoms with van der Waals surface area (Å²) in [6, 6.07) is 8.55. The Morgan fingerprint density at radius 1 is 1.30 bits per heavy atom. The minimum Gasteiger partial charge on any atom is -0.378 e. The van der Waals surface area contributed by atoms with Crippen molar-refractivity contribution in [1.29, 1.82) is 0 Å². The summed E-state index contributed by atoms with van der Waals surface area (Å²) in [6.45, 7) is 3.16. The molecule has 1 aromatic carbocycles. The van der Waals surface area contributed by atoms with Crippen LogP contribution in [0.3, 0.4) is 0 Å². The van der Waals surface area contributed by atoms with Crippen LogP contribution in [0.5, 0.6) is 0 Å². The fraction of sp³-hybridized carbons (Fsp3) is 0.400. The van der Waals surface area contributed by atoms with E-state index < -0.39 is 0 Å². The topological polar surface area (TPSA) is 51.4 Å². The van der Waals surface area contributed by atoms with E-state index in [9.17, 15) is 0 Å². The van der Waals surface area contributed by atoms with E-state index in [0.717, 1.165) is 27.8 Å². The Bertz CT molecular complexity index is 551. The van der Waals surface area contributed by atoms with Crippen molar-refractivity contribution in [2.45, 2.75) is 26.5 Å².